The van der Waals surface area contributed by atoms with Crippen LogP contribution in [-0.2, 0) is 10.0 Å². The van der Waals surface area contributed by atoms with Gasteiger partial charge in [-0.05, 0) is 37.3 Å². The minimum atomic E-state index is -4.12. The van der Waals surface area contributed by atoms with Crippen LogP contribution < -0.4 is 10.6 Å². The van der Waals surface area contributed by atoms with Gasteiger partial charge in [-0.15, -0.1) is 0 Å². The molecule has 2 rings (SSSR count). The maximum atomic E-state index is 13.7. The minimum absolute atomic E-state index is 0.0295. The number of rotatable bonds is 5. The fourth-order valence-electron chi connectivity index (χ4n) is 1.91. The number of benzene rings is 2. The first kappa shape index (κ1) is 18.4. The minimum Gasteiger partial charge on any atom is -0.271 e. The molecule has 0 saturated heterocycles. The summed E-state index contributed by atoms with van der Waals surface area (Å²) in [6.07, 6.45) is 0. The smallest absolute Gasteiger partial charge is 0.271 e. The molecule has 0 aliphatic carbocycles. The summed E-state index contributed by atoms with van der Waals surface area (Å²) in [6.45, 7) is 1.37. The first-order valence-electron chi connectivity index (χ1n) is 6.66. The fraction of sp³-hybridized carbons (Fsp3) is 0.0714. The molecule has 0 aromatic heterocycles. The van der Waals surface area contributed by atoms with Crippen molar-refractivity contribution >= 4 is 27.1 Å². The highest BCUT2D eigenvalue weighted by atomic mass is 32.2. The number of nitro groups is 1. The molecule has 0 spiro atoms. The molecule has 0 saturated carbocycles. The highest BCUT2D eigenvalue weighted by Crippen LogP contribution is 2.27. The summed E-state index contributed by atoms with van der Waals surface area (Å²) in [5.41, 5.74) is 1.50. The lowest BCUT2D eigenvalue weighted by Gasteiger charge is -2.07. The number of nitrogens with zero attached hydrogens (tertiary/aromatic N) is 2. The SMILES string of the molecule is C/C(=N/Nc1ccc(S(N)(=O)=O)cc1[N+](=O)[O-])c1cc(F)ccc1F. The molecule has 2 aromatic rings. The number of hydrogen-bond acceptors (Lipinski definition) is 6. The van der Waals surface area contributed by atoms with Crippen LogP contribution in [0.2, 0.25) is 0 Å². The van der Waals surface area contributed by atoms with Crippen molar-refractivity contribution < 1.29 is 22.1 Å². The number of anilines is 1. The Morgan fingerprint density at radius 2 is 1.92 bits per heavy atom. The monoisotopic (exact) mass is 370 g/mol. The second-order valence-corrected chi connectivity index (χ2v) is 6.48. The van der Waals surface area contributed by atoms with Crippen LogP contribution in [0.4, 0.5) is 20.2 Å². The van der Waals surface area contributed by atoms with Gasteiger partial charge in [0.25, 0.3) is 5.69 Å². The van der Waals surface area contributed by atoms with E-state index in [-0.39, 0.29) is 17.0 Å². The Kier molecular flexibility index (Phi) is 5.09. The van der Waals surface area contributed by atoms with Crippen LogP contribution in [0.15, 0.2) is 46.4 Å². The Labute approximate surface area is 141 Å². The molecule has 2 aromatic carbocycles. The number of primary sulfonamides is 1. The van der Waals surface area contributed by atoms with Crippen molar-refractivity contribution in [3.05, 3.63) is 63.7 Å². The van der Waals surface area contributed by atoms with Crippen LogP contribution in [0.25, 0.3) is 0 Å². The predicted octanol–water partition coefficient (Wildman–Crippen LogP) is 2.36. The van der Waals surface area contributed by atoms with Crippen LogP contribution >= 0.6 is 0 Å². The number of hydrogen-bond donors (Lipinski definition) is 2. The average Bonchev–Trinajstić information content (AvgIpc) is 2.53. The summed E-state index contributed by atoms with van der Waals surface area (Å²) in [5.74, 6) is -1.39. The van der Waals surface area contributed by atoms with Crippen molar-refractivity contribution in [2.24, 2.45) is 10.2 Å². The summed E-state index contributed by atoms with van der Waals surface area (Å²) in [7, 11) is -4.12. The predicted molar refractivity (Wildman–Crippen MR) is 86.7 cm³/mol. The van der Waals surface area contributed by atoms with Gasteiger partial charge in [-0.1, -0.05) is 0 Å². The Bertz CT molecular complexity index is 977. The van der Waals surface area contributed by atoms with Crippen molar-refractivity contribution in [2.45, 2.75) is 11.8 Å². The van der Waals surface area contributed by atoms with Crippen molar-refractivity contribution in [3.8, 4) is 0 Å². The second kappa shape index (κ2) is 6.91. The van der Waals surface area contributed by atoms with Crippen LogP contribution in [0.3, 0.4) is 0 Å². The molecular formula is C14H12F2N4O4S. The van der Waals surface area contributed by atoms with E-state index in [4.69, 9.17) is 5.14 Å². The van der Waals surface area contributed by atoms with E-state index >= 15 is 0 Å². The van der Waals surface area contributed by atoms with Gasteiger partial charge >= 0.3 is 0 Å². The number of nitrogens with one attached hydrogen (secondary N) is 1. The molecule has 132 valence electrons. The van der Waals surface area contributed by atoms with Crippen LogP contribution in [0, 0.1) is 21.7 Å². The zero-order valence-corrected chi connectivity index (χ0v) is 13.5. The van der Waals surface area contributed by atoms with E-state index < -0.39 is 37.2 Å². The summed E-state index contributed by atoms with van der Waals surface area (Å²) in [4.78, 5) is 9.81. The highest BCUT2D eigenvalue weighted by Gasteiger charge is 2.19. The molecule has 0 unspecified atom stereocenters. The third kappa shape index (κ3) is 4.33. The van der Waals surface area contributed by atoms with Gasteiger partial charge in [0, 0.05) is 11.6 Å². The standard InChI is InChI=1S/C14H12F2N4O4S/c1-8(11-6-9(15)2-4-12(11)16)18-19-13-5-3-10(25(17,23)24)7-14(13)20(21)22/h2-7,19H,1H3,(H2,17,23,24)/b18-8-. The van der Waals surface area contributed by atoms with Gasteiger partial charge in [0.1, 0.15) is 17.3 Å². The largest absolute Gasteiger partial charge is 0.295 e. The Hall–Kier alpha value is -2.92. The Balaban J connectivity index is 2.40. The first-order valence-corrected chi connectivity index (χ1v) is 8.21. The van der Waals surface area contributed by atoms with Crippen molar-refractivity contribution in [1.29, 1.82) is 0 Å². The van der Waals surface area contributed by atoms with Gasteiger partial charge in [-0.3, -0.25) is 15.5 Å². The van der Waals surface area contributed by atoms with Crippen molar-refractivity contribution in [2.75, 3.05) is 5.43 Å². The van der Waals surface area contributed by atoms with E-state index in [0.717, 1.165) is 36.4 Å². The van der Waals surface area contributed by atoms with Gasteiger partial charge in [-0.2, -0.15) is 5.10 Å². The molecule has 0 bridgehead atoms. The molecule has 3 N–H and O–H groups in total. The van der Waals surface area contributed by atoms with Gasteiger partial charge in [0.2, 0.25) is 10.0 Å². The number of nitro benzene ring substituents is 1. The van der Waals surface area contributed by atoms with Gasteiger partial charge in [0.15, 0.2) is 0 Å². The van der Waals surface area contributed by atoms with E-state index in [1.165, 1.54) is 6.92 Å². The summed E-state index contributed by atoms with van der Waals surface area (Å²) in [6, 6.07) is 5.71. The second-order valence-electron chi connectivity index (χ2n) is 4.91. The molecule has 0 atom stereocenters. The van der Waals surface area contributed by atoms with Crippen molar-refractivity contribution in [1.82, 2.24) is 0 Å². The normalized spacial score (nSPS) is 12.1. The number of nitrogens with two attached hydrogens (primary N) is 1. The molecule has 25 heavy (non-hydrogen) atoms. The van der Waals surface area contributed by atoms with Crippen LogP contribution in [0.1, 0.15) is 12.5 Å². The van der Waals surface area contributed by atoms with Gasteiger partial charge < -0.3 is 0 Å². The van der Waals surface area contributed by atoms with Crippen molar-refractivity contribution in [3.63, 3.8) is 0 Å². The molecule has 0 radical (unpaired) electrons. The molecule has 0 aliphatic heterocycles. The van der Waals surface area contributed by atoms with E-state index in [0.29, 0.717) is 0 Å². The molecule has 0 amide bonds. The third-order valence-electron chi connectivity index (χ3n) is 3.16. The average molecular weight is 370 g/mol. The Morgan fingerprint density at radius 3 is 2.52 bits per heavy atom. The number of hydrazone groups is 1. The lowest BCUT2D eigenvalue weighted by Crippen LogP contribution is -2.12. The molecule has 0 heterocycles. The highest BCUT2D eigenvalue weighted by molar-refractivity contribution is 7.89. The zero-order chi connectivity index (χ0) is 18.8. The summed E-state index contributed by atoms with van der Waals surface area (Å²) >= 11 is 0. The Morgan fingerprint density at radius 1 is 1.24 bits per heavy atom. The van der Waals surface area contributed by atoms with Crippen LogP contribution in [0.5, 0.6) is 0 Å². The van der Waals surface area contributed by atoms with Crippen LogP contribution in [-0.4, -0.2) is 19.1 Å². The molecule has 11 heteroatoms. The molecule has 0 fully saturated rings. The zero-order valence-electron chi connectivity index (χ0n) is 12.7. The van der Waals surface area contributed by atoms with Gasteiger partial charge in [-0.25, -0.2) is 22.3 Å². The number of sulfonamides is 1. The summed E-state index contributed by atoms with van der Waals surface area (Å²) < 4.78 is 49.4. The molecule has 8 nitrogen and oxygen atoms in total. The van der Waals surface area contributed by atoms with Gasteiger partial charge in [0.05, 0.1) is 15.5 Å². The van der Waals surface area contributed by atoms with E-state index in [9.17, 15) is 27.3 Å². The first-order chi connectivity index (χ1) is 11.6. The third-order valence-corrected chi connectivity index (χ3v) is 4.07. The summed E-state index contributed by atoms with van der Waals surface area (Å²) in [5, 5.41) is 19.8. The van der Waals surface area contributed by atoms with E-state index in [2.05, 4.69) is 10.5 Å². The van der Waals surface area contributed by atoms with E-state index in [1.54, 1.807) is 0 Å². The molecule has 0 aliphatic rings. The maximum Gasteiger partial charge on any atom is 0.295 e. The topological polar surface area (TPSA) is 128 Å². The maximum absolute atomic E-state index is 13.7. The van der Waals surface area contributed by atoms with E-state index in [1.807, 2.05) is 0 Å². The lowest BCUT2D eigenvalue weighted by atomic mass is 10.1. The molecular weight excluding hydrogens is 358 g/mol. The fourth-order valence-corrected chi connectivity index (χ4v) is 2.45. The lowest BCUT2D eigenvalue weighted by molar-refractivity contribution is -0.384. The quantitative estimate of drug-likeness (QED) is 0.474. The number of halogens is 2.